The van der Waals surface area contributed by atoms with Crippen molar-refractivity contribution in [3.63, 3.8) is 0 Å². The van der Waals surface area contributed by atoms with E-state index in [1.165, 1.54) is 0 Å². The molecule has 2 aromatic carbocycles. The van der Waals surface area contributed by atoms with Crippen molar-refractivity contribution in [2.75, 3.05) is 31.5 Å². The van der Waals surface area contributed by atoms with Gasteiger partial charge in [-0.2, -0.15) is 0 Å². The van der Waals surface area contributed by atoms with E-state index in [2.05, 4.69) is 0 Å². The fourth-order valence-corrected chi connectivity index (χ4v) is 4.68. The van der Waals surface area contributed by atoms with Crippen LogP contribution in [0.1, 0.15) is 17.5 Å². The van der Waals surface area contributed by atoms with Gasteiger partial charge in [0.15, 0.2) is 11.5 Å². The lowest BCUT2D eigenvalue weighted by molar-refractivity contribution is -0.122. The molecule has 4 aliphatic heterocycles. The standard InChI is InChI=1S/C22H19NO5/c24-21-22(12-26-18-10-20-19(9-16(18)22)27-13-28-20)15-3-1-2-4-17(15)23(21)11-14-5-7-25-8-6-14/h1-5,7,9-10,14H,6,8,11-13H2. The summed E-state index contributed by atoms with van der Waals surface area (Å²) in [5, 5.41) is 0. The van der Waals surface area contributed by atoms with Crippen LogP contribution in [0.15, 0.2) is 48.7 Å². The molecule has 142 valence electrons. The molecular formula is C22H19NO5. The minimum atomic E-state index is -0.832. The van der Waals surface area contributed by atoms with Gasteiger partial charge in [0.25, 0.3) is 0 Å². The van der Waals surface area contributed by atoms with Crippen LogP contribution >= 0.6 is 0 Å². The maximum Gasteiger partial charge on any atom is 0.245 e. The molecule has 4 aliphatic rings. The molecule has 0 saturated heterocycles. The number of amides is 1. The van der Waals surface area contributed by atoms with Gasteiger partial charge in [-0.3, -0.25) is 4.79 Å². The normalized spacial score (nSPS) is 26.2. The van der Waals surface area contributed by atoms with Crippen molar-refractivity contribution in [2.24, 2.45) is 5.92 Å². The molecular weight excluding hydrogens is 358 g/mol. The van der Waals surface area contributed by atoms with Crippen LogP contribution in [-0.4, -0.2) is 32.5 Å². The summed E-state index contributed by atoms with van der Waals surface area (Å²) in [6.07, 6.45) is 4.69. The third-order valence-corrected chi connectivity index (χ3v) is 6.11. The van der Waals surface area contributed by atoms with Gasteiger partial charge < -0.3 is 23.8 Å². The molecule has 0 aromatic heterocycles. The van der Waals surface area contributed by atoms with Crippen LogP contribution in [0.5, 0.6) is 17.2 Å². The first-order valence-electron chi connectivity index (χ1n) is 9.54. The number of benzene rings is 2. The van der Waals surface area contributed by atoms with Crippen LogP contribution < -0.4 is 19.1 Å². The Morgan fingerprint density at radius 1 is 1.04 bits per heavy atom. The number of carbonyl (C=O) groups is 1. The molecule has 2 atom stereocenters. The number of para-hydroxylation sites is 1. The van der Waals surface area contributed by atoms with Gasteiger partial charge in [-0.1, -0.05) is 18.2 Å². The molecule has 0 bridgehead atoms. The van der Waals surface area contributed by atoms with Crippen molar-refractivity contribution >= 4 is 11.6 Å². The van der Waals surface area contributed by atoms with Crippen molar-refractivity contribution < 1.29 is 23.7 Å². The summed E-state index contributed by atoms with van der Waals surface area (Å²) >= 11 is 0. The SMILES string of the molecule is O=C1N(CC2C=COCC2)c2ccccc2C12COc1cc3c(cc12)OCO3. The predicted molar refractivity (Wildman–Crippen MR) is 101 cm³/mol. The van der Waals surface area contributed by atoms with Crippen LogP contribution in [0.2, 0.25) is 0 Å². The Morgan fingerprint density at radius 3 is 2.75 bits per heavy atom. The van der Waals surface area contributed by atoms with E-state index >= 15 is 0 Å². The van der Waals surface area contributed by atoms with Gasteiger partial charge in [0.1, 0.15) is 17.8 Å². The molecule has 0 fully saturated rings. The molecule has 4 heterocycles. The molecule has 6 rings (SSSR count). The first-order chi connectivity index (χ1) is 13.8. The quantitative estimate of drug-likeness (QED) is 0.805. The summed E-state index contributed by atoms with van der Waals surface area (Å²) < 4.78 is 22.4. The van der Waals surface area contributed by atoms with Crippen LogP contribution in [0, 0.1) is 5.92 Å². The van der Waals surface area contributed by atoms with Crippen molar-refractivity contribution in [3.8, 4) is 17.2 Å². The third-order valence-electron chi connectivity index (χ3n) is 6.11. The number of hydrogen-bond acceptors (Lipinski definition) is 5. The number of nitrogens with zero attached hydrogens (tertiary/aromatic N) is 1. The maximum absolute atomic E-state index is 13.8. The van der Waals surface area contributed by atoms with E-state index in [1.54, 1.807) is 6.26 Å². The van der Waals surface area contributed by atoms with E-state index in [0.29, 0.717) is 37.0 Å². The number of anilines is 1. The van der Waals surface area contributed by atoms with E-state index in [4.69, 9.17) is 18.9 Å². The van der Waals surface area contributed by atoms with Crippen LogP contribution in [0.25, 0.3) is 0 Å². The van der Waals surface area contributed by atoms with Crippen molar-refractivity contribution in [1.82, 2.24) is 0 Å². The Balaban J connectivity index is 1.48. The zero-order valence-corrected chi connectivity index (χ0v) is 15.2. The second kappa shape index (κ2) is 5.67. The number of fused-ring (bicyclic) bond motifs is 5. The largest absolute Gasteiger partial charge is 0.501 e. The van der Waals surface area contributed by atoms with Crippen molar-refractivity contribution in [2.45, 2.75) is 11.8 Å². The second-order valence-corrected chi connectivity index (χ2v) is 7.58. The molecule has 2 aromatic rings. The first kappa shape index (κ1) is 15.9. The Hall–Kier alpha value is -3.15. The summed E-state index contributed by atoms with van der Waals surface area (Å²) in [6, 6.07) is 11.8. The fourth-order valence-electron chi connectivity index (χ4n) is 4.68. The molecule has 2 unspecified atom stereocenters. The van der Waals surface area contributed by atoms with E-state index in [0.717, 1.165) is 23.2 Å². The minimum Gasteiger partial charge on any atom is -0.501 e. The highest BCUT2D eigenvalue weighted by Gasteiger charge is 2.57. The summed E-state index contributed by atoms with van der Waals surface area (Å²) in [4.78, 5) is 15.8. The van der Waals surface area contributed by atoms with E-state index in [-0.39, 0.29) is 18.6 Å². The molecule has 6 heteroatoms. The Kier molecular flexibility index (Phi) is 3.21. The van der Waals surface area contributed by atoms with Gasteiger partial charge in [-0.05, 0) is 30.2 Å². The van der Waals surface area contributed by atoms with Crippen LogP contribution in [0.3, 0.4) is 0 Å². The van der Waals surface area contributed by atoms with E-state index in [9.17, 15) is 4.79 Å². The lowest BCUT2D eigenvalue weighted by atomic mass is 9.77. The topological polar surface area (TPSA) is 57.2 Å². The van der Waals surface area contributed by atoms with Crippen LogP contribution in [0.4, 0.5) is 5.69 Å². The molecule has 0 saturated carbocycles. The number of rotatable bonds is 2. The maximum atomic E-state index is 13.8. The summed E-state index contributed by atoms with van der Waals surface area (Å²) in [7, 11) is 0. The summed E-state index contributed by atoms with van der Waals surface area (Å²) in [6.45, 7) is 1.81. The Morgan fingerprint density at radius 2 is 1.89 bits per heavy atom. The highest BCUT2D eigenvalue weighted by atomic mass is 16.7. The van der Waals surface area contributed by atoms with Crippen molar-refractivity contribution in [3.05, 3.63) is 59.9 Å². The number of carbonyl (C=O) groups excluding carboxylic acids is 1. The first-order valence-corrected chi connectivity index (χ1v) is 9.54. The van der Waals surface area contributed by atoms with Gasteiger partial charge in [0, 0.05) is 29.8 Å². The second-order valence-electron chi connectivity index (χ2n) is 7.58. The van der Waals surface area contributed by atoms with Crippen LogP contribution in [-0.2, 0) is 14.9 Å². The van der Waals surface area contributed by atoms with Gasteiger partial charge >= 0.3 is 0 Å². The molecule has 0 aliphatic carbocycles. The minimum absolute atomic E-state index is 0.0613. The highest BCUT2D eigenvalue weighted by Crippen LogP contribution is 2.55. The molecule has 1 spiro atoms. The van der Waals surface area contributed by atoms with E-state index < -0.39 is 5.41 Å². The molecule has 1 amide bonds. The third kappa shape index (κ3) is 2.00. The Bertz CT molecular complexity index is 1020. The number of hydrogen-bond donors (Lipinski definition) is 0. The summed E-state index contributed by atoms with van der Waals surface area (Å²) in [5.74, 6) is 2.37. The van der Waals surface area contributed by atoms with Gasteiger partial charge in [0.2, 0.25) is 12.7 Å². The Labute approximate surface area is 162 Å². The van der Waals surface area contributed by atoms with Gasteiger partial charge in [-0.25, -0.2) is 0 Å². The average molecular weight is 377 g/mol. The van der Waals surface area contributed by atoms with Crippen molar-refractivity contribution in [1.29, 1.82) is 0 Å². The fraction of sp³-hybridized carbons (Fsp3) is 0.318. The molecule has 0 N–H and O–H groups in total. The van der Waals surface area contributed by atoms with E-state index in [1.807, 2.05) is 47.4 Å². The zero-order chi connectivity index (χ0) is 18.7. The predicted octanol–water partition coefficient (Wildman–Crippen LogP) is 2.99. The molecule has 0 radical (unpaired) electrons. The molecule has 6 nitrogen and oxygen atoms in total. The lowest BCUT2D eigenvalue weighted by Crippen LogP contribution is -2.44. The average Bonchev–Trinajstić information content (AvgIpc) is 3.40. The monoisotopic (exact) mass is 377 g/mol. The van der Waals surface area contributed by atoms with Gasteiger partial charge in [0.05, 0.1) is 12.9 Å². The van der Waals surface area contributed by atoms with Gasteiger partial charge in [-0.15, -0.1) is 0 Å². The summed E-state index contributed by atoms with van der Waals surface area (Å²) in [5.41, 5.74) is 1.98. The molecule has 28 heavy (non-hydrogen) atoms. The smallest absolute Gasteiger partial charge is 0.245 e. The lowest BCUT2D eigenvalue weighted by Gasteiger charge is -2.26. The zero-order valence-electron chi connectivity index (χ0n) is 15.2. The number of ether oxygens (including phenoxy) is 4. The highest BCUT2D eigenvalue weighted by molar-refractivity contribution is 6.11.